The molecule has 0 spiro atoms. The van der Waals surface area contributed by atoms with Crippen LogP contribution in [-0.4, -0.2) is 35.0 Å². The number of aliphatic carboxylic acids is 1. The summed E-state index contributed by atoms with van der Waals surface area (Å²) in [5.74, 6) is -0.818. The minimum atomic E-state index is -4.16. The molecule has 1 unspecified atom stereocenters. The molecule has 5 aromatic rings. The van der Waals surface area contributed by atoms with Gasteiger partial charge in [-0.25, -0.2) is 13.6 Å². The van der Waals surface area contributed by atoms with E-state index in [1.165, 1.54) is 26.1 Å². The second-order valence-corrected chi connectivity index (χ2v) is 15.1. The van der Waals surface area contributed by atoms with E-state index in [1.807, 2.05) is 48.5 Å². The number of nitrogens with two attached hydrogens (primary N) is 1. The van der Waals surface area contributed by atoms with Gasteiger partial charge in [0.15, 0.2) is 0 Å². The smallest absolute Gasteiger partial charge is 0.323 e. The number of ether oxygens (including phenoxy) is 2. The number of nitriles is 1. The highest BCUT2D eigenvalue weighted by atomic mass is 35.5. The lowest BCUT2D eigenvalue weighted by molar-refractivity contribution is -0.143. The van der Waals surface area contributed by atoms with Crippen molar-refractivity contribution >= 4 is 39.2 Å². The molecule has 11 nitrogen and oxygen atoms in total. The van der Waals surface area contributed by atoms with Gasteiger partial charge in [-0.3, -0.25) is 15.1 Å². The zero-order valence-corrected chi connectivity index (χ0v) is 30.4. The Morgan fingerprint density at radius 2 is 1.83 bits per heavy atom. The molecule has 2 heterocycles. The molecule has 0 saturated heterocycles. The van der Waals surface area contributed by atoms with Gasteiger partial charge < -0.3 is 14.6 Å². The largest absolute Gasteiger partial charge is 0.480 e. The van der Waals surface area contributed by atoms with Crippen molar-refractivity contribution in [3.8, 4) is 40.1 Å². The highest BCUT2D eigenvalue weighted by molar-refractivity contribution is 7.89. The lowest BCUT2D eigenvalue weighted by Gasteiger charge is -2.23. The van der Waals surface area contributed by atoms with Crippen molar-refractivity contribution in [3.05, 3.63) is 123 Å². The molecule has 52 heavy (non-hydrogen) atoms. The molecule has 3 aromatic carbocycles. The average Bonchev–Trinajstić information content (AvgIpc) is 3.53. The Kier molecular flexibility index (Phi) is 10.5. The molecule has 0 radical (unpaired) electrons. The minimum Gasteiger partial charge on any atom is -0.480 e. The number of rotatable bonds is 12. The minimum absolute atomic E-state index is 0.0106. The van der Waals surface area contributed by atoms with E-state index in [0.717, 1.165) is 16.7 Å². The number of hydrogen-bond donors (Lipinski definition) is 3. The number of sulfonamides is 1. The molecule has 266 valence electrons. The first kappa shape index (κ1) is 36.8. The lowest BCUT2D eigenvalue weighted by Crippen LogP contribution is -2.46. The zero-order chi connectivity index (χ0) is 37.2. The zero-order valence-electron chi connectivity index (χ0n) is 28.1. The first-order valence-corrected chi connectivity index (χ1v) is 18.4. The number of carboxylic acids is 1. The van der Waals surface area contributed by atoms with Gasteiger partial charge in [0.25, 0.3) is 0 Å². The quantitative estimate of drug-likeness (QED) is 0.118. The maximum Gasteiger partial charge on any atom is 0.323 e. The highest BCUT2D eigenvalue weighted by Crippen LogP contribution is 2.46. The summed E-state index contributed by atoms with van der Waals surface area (Å²) in [4.78, 5) is 20.4. The monoisotopic (exact) mass is 757 g/mol. The summed E-state index contributed by atoms with van der Waals surface area (Å²) in [7, 11) is -4.16. The summed E-state index contributed by atoms with van der Waals surface area (Å²) >= 11 is 13.8. The van der Waals surface area contributed by atoms with Crippen molar-refractivity contribution in [1.29, 1.82) is 5.26 Å². The first-order valence-electron chi connectivity index (χ1n) is 16.1. The van der Waals surface area contributed by atoms with Crippen LogP contribution in [0.2, 0.25) is 10.0 Å². The maximum absolute atomic E-state index is 12.8. The molecule has 2 aromatic heterocycles. The van der Waals surface area contributed by atoms with Crippen molar-refractivity contribution in [2.45, 2.75) is 56.4 Å². The number of carbonyl (C=O) groups is 1. The molecular weight excluding hydrogens is 725 g/mol. The van der Waals surface area contributed by atoms with E-state index in [2.05, 4.69) is 15.3 Å². The van der Waals surface area contributed by atoms with Crippen LogP contribution in [0.4, 0.5) is 0 Å². The molecule has 1 aliphatic rings. The van der Waals surface area contributed by atoms with E-state index in [1.54, 1.807) is 30.5 Å². The van der Waals surface area contributed by atoms with Crippen LogP contribution in [-0.2, 0) is 34.4 Å². The van der Waals surface area contributed by atoms with Crippen molar-refractivity contribution in [1.82, 2.24) is 15.3 Å². The maximum atomic E-state index is 12.8. The van der Waals surface area contributed by atoms with Gasteiger partial charge in [0.2, 0.25) is 21.8 Å². The SMILES string of the molecule is CC(C)(NCc1cc(Cl)c(OC2CCc3c(-c4c(S(N)(=O)=O)ccc(-c5ccccc5)c4Cl)cccc32)nc1OCc1cncc(C#N)c1)C(=O)O. The fourth-order valence-electron chi connectivity index (χ4n) is 5.99. The number of hydrogen-bond acceptors (Lipinski definition) is 9. The van der Waals surface area contributed by atoms with Crippen LogP contribution in [0.25, 0.3) is 22.3 Å². The van der Waals surface area contributed by atoms with Crippen molar-refractivity contribution in [2.75, 3.05) is 0 Å². The summed E-state index contributed by atoms with van der Waals surface area (Å²) in [6.07, 6.45) is 3.53. The average molecular weight is 759 g/mol. The predicted octanol–water partition coefficient (Wildman–Crippen LogP) is 7.23. The normalized spacial score (nSPS) is 14.0. The Labute approximate surface area is 311 Å². The van der Waals surface area contributed by atoms with Gasteiger partial charge in [-0.2, -0.15) is 10.2 Å². The van der Waals surface area contributed by atoms with Gasteiger partial charge in [-0.1, -0.05) is 77.8 Å². The van der Waals surface area contributed by atoms with E-state index in [4.69, 9.17) is 37.8 Å². The number of benzene rings is 3. The predicted molar refractivity (Wildman–Crippen MR) is 196 cm³/mol. The van der Waals surface area contributed by atoms with E-state index in [0.29, 0.717) is 46.2 Å². The number of aromatic nitrogens is 2. The number of halogens is 2. The molecule has 0 saturated carbocycles. The van der Waals surface area contributed by atoms with Crippen molar-refractivity contribution < 1.29 is 27.8 Å². The third-order valence-corrected chi connectivity index (χ3v) is 10.4. The van der Waals surface area contributed by atoms with Crippen LogP contribution in [0.5, 0.6) is 11.8 Å². The molecule has 6 rings (SSSR count). The van der Waals surface area contributed by atoms with Crippen LogP contribution in [0.1, 0.15) is 54.2 Å². The van der Waals surface area contributed by atoms with Crippen LogP contribution in [0.15, 0.2) is 90.1 Å². The van der Waals surface area contributed by atoms with E-state index in [-0.39, 0.29) is 39.9 Å². The standard InChI is InChI=1S/C38H33Cl2N5O6S/c1-38(2,37(46)47)44-20-25-16-30(39)36(45-35(25)50-21-23-15-22(17-41)18-43-19-23)51-31-13-11-27-28(31)9-6-10-29(27)33-32(52(42,48)49)14-12-26(34(33)40)24-7-4-3-5-8-24/h3-10,12,14-16,18-19,31,44H,11,13,20-21H2,1-2H3,(H,46,47)(H2,42,48,49). The Balaban J connectivity index is 1.36. The Morgan fingerprint density at radius 3 is 2.54 bits per heavy atom. The number of pyridine rings is 2. The van der Waals surface area contributed by atoms with Gasteiger partial charge in [0, 0.05) is 41.2 Å². The molecular formula is C38H33Cl2N5O6S. The molecule has 14 heteroatoms. The molecule has 1 atom stereocenters. The van der Waals surface area contributed by atoms with Crippen LogP contribution in [0, 0.1) is 11.3 Å². The topological polar surface area (TPSA) is 178 Å². The van der Waals surface area contributed by atoms with E-state index < -0.39 is 27.6 Å². The molecule has 1 aliphatic carbocycles. The summed E-state index contributed by atoms with van der Waals surface area (Å²) < 4.78 is 38.2. The summed E-state index contributed by atoms with van der Waals surface area (Å²) in [5, 5.41) is 28.0. The van der Waals surface area contributed by atoms with Gasteiger partial charge in [-0.05, 0) is 67.1 Å². The number of nitrogens with one attached hydrogen (secondary N) is 1. The molecule has 0 fully saturated rings. The van der Waals surface area contributed by atoms with Gasteiger partial charge in [0.05, 0.1) is 15.5 Å². The number of carboxylic acid groups (broad SMARTS) is 1. The van der Waals surface area contributed by atoms with Gasteiger partial charge >= 0.3 is 5.97 Å². The second-order valence-electron chi connectivity index (χ2n) is 12.7. The third-order valence-electron chi connectivity index (χ3n) is 8.77. The van der Waals surface area contributed by atoms with Crippen LogP contribution < -0.4 is 19.9 Å². The van der Waals surface area contributed by atoms with Crippen LogP contribution in [0.3, 0.4) is 0 Å². The molecule has 0 aliphatic heterocycles. The van der Waals surface area contributed by atoms with Crippen molar-refractivity contribution in [3.63, 3.8) is 0 Å². The molecule has 4 N–H and O–H groups in total. The fourth-order valence-corrected chi connectivity index (χ4v) is 7.40. The number of fused-ring (bicyclic) bond motifs is 1. The fraction of sp³-hybridized carbons (Fsp3) is 0.211. The Hall–Kier alpha value is -5.03. The highest BCUT2D eigenvalue weighted by Gasteiger charge is 2.32. The number of nitrogens with zero attached hydrogens (tertiary/aromatic N) is 3. The number of primary sulfonamides is 1. The third kappa shape index (κ3) is 7.74. The van der Waals surface area contributed by atoms with Gasteiger partial charge in [0.1, 0.15) is 29.3 Å². The lowest BCUT2D eigenvalue weighted by atomic mass is 9.93. The Morgan fingerprint density at radius 1 is 1.06 bits per heavy atom. The van der Waals surface area contributed by atoms with Crippen LogP contribution >= 0.6 is 23.2 Å². The first-order chi connectivity index (χ1) is 24.8. The molecule has 0 amide bonds. The summed E-state index contributed by atoms with van der Waals surface area (Å²) in [5.41, 5.74) is 4.26. The van der Waals surface area contributed by atoms with Gasteiger partial charge in [-0.15, -0.1) is 0 Å². The van der Waals surface area contributed by atoms with E-state index in [9.17, 15) is 23.6 Å². The van der Waals surface area contributed by atoms with E-state index >= 15 is 0 Å². The molecule has 0 bridgehead atoms. The second kappa shape index (κ2) is 14.9. The Bertz CT molecular complexity index is 2330. The summed E-state index contributed by atoms with van der Waals surface area (Å²) in [6.45, 7) is 3.13. The summed E-state index contributed by atoms with van der Waals surface area (Å²) in [6, 6.07) is 23.4. The van der Waals surface area contributed by atoms with Crippen molar-refractivity contribution in [2.24, 2.45) is 5.14 Å².